The molecule has 6 nitrogen and oxygen atoms in total. The molecule has 2 N–H and O–H groups in total. The average molecular weight is 384 g/mol. The number of rotatable bonds is 7. The highest BCUT2D eigenvalue weighted by atomic mass is 35.5. The van der Waals surface area contributed by atoms with Gasteiger partial charge in [0.1, 0.15) is 0 Å². The van der Waals surface area contributed by atoms with E-state index in [-0.39, 0.29) is 18.3 Å². The third kappa shape index (κ3) is 5.95. The number of carbonyl (C=O) groups is 1. The van der Waals surface area contributed by atoms with Crippen LogP contribution < -0.4 is 10.6 Å². The van der Waals surface area contributed by atoms with E-state index in [2.05, 4.69) is 27.9 Å². The smallest absolute Gasteiger partial charge is 0.273 e. The van der Waals surface area contributed by atoms with Gasteiger partial charge in [0.25, 0.3) is 5.91 Å². The first-order valence-corrected chi connectivity index (χ1v) is 10.2. The van der Waals surface area contributed by atoms with Crippen molar-refractivity contribution in [3.63, 3.8) is 0 Å². The maximum atomic E-state index is 12.3. The highest BCUT2D eigenvalue weighted by Crippen LogP contribution is 2.31. The summed E-state index contributed by atoms with van der Waals surface area (Å²) in [5.41, 5.74) is 0.454. The minimum absolute atomic E-state index is 0. The fourth-order valence-corrected chi connectivity index (χ4v) is 4.18. The van der Waals surface area contributed by atoms with Crippen molar-refractivity contribution in [2.45, 2.75) is 70.8 Å². The van der Waals surface area contributed by atoms with Gasteiger partial charge < -0.3 is 10.6 Å². The van der Waals surface area contributed by atoms with Crippen molar-refractivity contribution < 1.29 is 4.79 Å². The van der Waals surface area contributed by atoms with E-state index in [9.17, 15) is 4.79 Å². The molecule has 1 aliphatic heterocycles. The highest BCUT2D eigenvalue weighted by Gasteiger charge is 2.22. The van der Waals surface area contributed by atoms with Crippen LogP contribution in [0.15, 0.2) is 6.20 Å². The number of carbonyl (C=O) groups excluding carboxylic acids is 1. The van der Waals surface area contributed by atoms with Crippen molar-refractivity contribution in [1.82, 2.24) is 25.6 Å². The van der Waals surface area contributed by atoms with Crippen LogP contribution in [0.5, 0.6) is 0 Å². The summed E-state index contributed by atoms with van der Waals surface area (Å²) in [5, 5.41) is 14.7. The van der Waals surface area contributed by atoms with Gasteiger partial charge in [0.05, 0.1) is 12.2 Å². The van der Waals surface area contributed by atoms with Crippen LogP contribution in [0.1, 0.15) is 81.2 Å². The number of amides is 1. The van der Waals surface area contributed by atoms with E-state index >= 15 is 0 Å². The summed E-state index contributed by atoms with van der Waals surface area (Å²) in [6.07, 6.45) is 13.1. The molecular formula is C19H34ClN5O. The van der Waals surface area contributed by atoms with Crippen LogP contribution in [-0.4, -0.2) is 40.5 Å². The lowest BCUT2D eigenvalue weighted by molar-refractivity contribution is 0.0936. The van der Waals surface area contributed by atoms with E-state index < -0.39 is 0 Å². The van der Waals surface area contributed by atoms with Gasteiger partial charge in [0.2, 0.25) is 0 Å². The van der Waals surface area contributed by atoms with E-state index in [1.165, 1.54) is 44.9 Å². The van der Waals surface area contributed by atoms with Crippen LogP contribution >= 0.6 is 12.4 Å². The molecule has 1 aliphatic carbocycles. The lowest BCUT2D eigenvalue weighted by atomic mass is 9.80. The normalized spacial score (nSPS) is 24.0. The Morgan fingerprint density at radius 3 is 2.58 bits per heavy atom. The fraction of sp³-hybridized carbons (Fsp3) is 0.842. The molecule has 1 aromatic rings. The summed E-state index contributed by atoms with van der Waals surface area (Å²) >= 11 is 0. The average Bonchev–Trinajstić information content (AvgIpc) is 3.16. The fourth-order valence-electron chi connectivity index (χ4n) is 4.18. The Labute approximate surface area is 163 Å². The van der Waals surface area contributed by atoms with E-state index in [0.29, 0.717) is 17.7 Å². The molecule has 2 fully saturated rings. The summed E-state index contributed by atoms with van der Waals surface area (Å²) in [6.45, 7) is 5.06. The number of halogens is 1. The Balaban J connectivity index is 0.00000243. The van der Waals surface area contributed by atoms with E-state index in [1.807, 2.05) is 10.9 Å². The number of nitrogens with one attached hydrogen (secondary N) is 2. The number of aromatic nitrogens is 3. The summed E-state index contributed by atoms with van der Waals surface area (Å²) in [4.78, 5) is 12.3. The number of piperidine rings is 1. The number of hydrogen-bond donors (Lipinski definition) is 2. The van der Waals surface area contributed by atoms with Gasteiger partial charge in [-0.1, -0.05) is 44.2 Å². The summed E-state index contributed by atoms with van der Waals surface area (Å²) in [6, 6.07) is 0.369. The first-order valence-electron chi connectivity index (χ1n) is 10.2. The standard InChI is InChI=1S/C19H33N5O.ClH/c1-2-3-4-15-5-7-16(8-6-15)13-21-19(25)18-14-24(23-22-18)17-9-11-20-12-10-17;/h14-17,20H,2-13H2,1H3,(H,21,25);1H. The summed E-state index contributed by atoms with van der Waals surface area (Å²) in [5.74, 6) is 1.46. The molecule has 148 valence electrons. The van der Waals surface area contributed by atoms with Gasteiger partial charge in [-0.2, -0.15) is 0 Å². The number of hydrogen-bond acceptors (Lipinski definition) is 4. The second kappa shape index (κ2) is 10.9. The van der Waals surface area contributed by atoms with Gasteiger partial charge >= 0.3 is 0 Å². The van der Waals surface area contributed by atoms with Crippen molar-refractivity contribution in [2.24, 2.45) is 11.8 Å². The molecule has 0 radical (unpaired) electrons. The van der Waals surface area contributed by atoms with Crippen LogP contribution in [0.2, 0.25) is 0 Å². The van der Waals surface area contributed by atoms with Crippen molar-refractivity contribution in [3.8, 4) is 0 Å². The quantitative estimate of drug-likeness (QED) is 0.757. The minimum atomic E-state index is -0.0757. The Morgan fingerprint density at radius 1 is 1.19 bits per heavy atom. The second-order valence-electron chi connectivity index (χ2n) is 7.80. The van der Waals surface area contributed by atoms with Gasteiger partial charge in [0.15, 0.2) is 5.69 Å². The Kier molecular flexibility index (Phi) is 8.85. The molecule has 1 amide bonds. The molecule has 26 heavy (non-hydrogen) atoms. The molecule has 1 aromatic heterocycles. The van der Waals surface area contributed by atoms with Gasteiger partial charge in [-0.3, -0.25) is 4.79 Å². The number of unbranched alkanes of at least 4 members (excludes halogenated alkanes) is 1. The van der Waals surface area contributed by atoms with Crippen LogP contribution in [0.3, 0.4) is 0 Å². The third-order valence-electron chi connectivity index (χ3n) is 5.91. The first-order chi connectivity index (χ1) is 12.3. The SMILES string of the molecule is CCCCC1CCC(CNC(=O)c2cn(C3CCNCC3)nn2)CC1.Cl. The van der Waals surface area contributed by atoms with E-state index in [1.54, 1.807) is 0 Å². The van der Waals surface area contributed by atoms with E-state index in [4.69, 9.17) is 0 Å². The summed E-state index contributed by atoms with van der Waals surface area (Å²) in [7, 11) is 0. The van der Waals surface area contributed by atoms with Gasteiger partial charge in [-0.05, 0) is 50.6 Å². The highest BCUT2D eigenvalue weighted by molar-refractivity contribution is 5.91. The third-order valence-corrected chi connectivity index (χ3v) is 5.91. The van der Waals surface area contributed by atoms with Crippen LogP contribution in [0, 0.1) is 11.8 Å². The molecule has 3 rings (SSSR count). The molecule has 0 bridgehead atoms. The summed E-state index contributed by atoms with van der Waals surface area (Å²) < 4.78 is 1.87. The molecule has 0 spiro atoms. The molecule has 2 heterocycles. The minimum Gasteiger partial charge on any atom is -0.350 e. The van der Waals surface area contributed by atoms with Crippen molar-refractivity contribution in [3.05, 3.63) is 11.9 Å². The molecule has 1 saturated heterocycles. The predicted molar refractivity (Wildman–Crippen MR) is 106 cm³/mol. The molecule has 1 saturated carbocycles. The Hall–Kier alpha value is -1.14. The van der Waals surface area contributed by atoms with Crippen molar-refractivity contribution >= 4 is 18.3 Å². The molecule has 0 aromatic carbocycles. The molecule has 0 unspecified atom stereocenters. The molecular weight excluding hydrogens is 350 g/mol. The van der Waals surface area contributed by atoms with Crippen LogP contribution in [0.25, 0.3) is 0 Å². The Bertz CT molecular complexity index is 536. The predicted octanol–water partition coefficient (Wildman–Crippen LogP) is 3.35. The first kappa shape index (κ1) is 21.2. The van der Waals surface area contributed by atoms with E-state index in [0.717, 1.165) is 38.4 Å². The maximum Gasteiger partial charge on any atom is 0.273 e. The zero-order valence-corrected chi connectivity index (χ0v) is 16.8. The van der Waals surface area contributed by atoms with Crippen LogP contribution in [0.4, 0.5) is 0 Å². The molecule has 7 heteroatoms. The Morgan fingerprint density at radius 2 is 1.88 bits per heavy atom. The largest absolute Gasteiger partial charge is 0.350 e. The lowest BCUT2D eigenvalue weighted by Gasteiger charge is -2.28. The maximum absolute atomic E-state index is 12.3. The second-order valence-corrected chi connectivity index (χ2v) is 7.80. The zero-order chi connectivity index (χ0) is 17.5. The zero-order valence-electron chi connectivity index (χ0n) is 16.0. The van der Waals surface area contributed by atoms with Crippen molar-refractivity contribution in [1.29, 1.82) is 0 Å². The topological polar surface area (TPSA) is 71.8 Å². The van der Waals surface area contributed by atoms with Gasteiger partial charge in [0, 0.05) is 6.54 Å². The van der Waals surface area contributed by atoms with Gasteiger partial charge in [-0.25, -0.2) is 4.68 Å². The molecule has 0 atom stereocenters. The van der Waals surface area contributed by atoms with Gasteiger partial charge in [-0.15, -0.1) is 17.5 Å². The lowest BCUT2D eigenvalue weighted by Crippen LogP contribution is -2.31. The monoisotopic (exact) mass is 383 g/mol. The molecule has 2 aliphatic rings. The van der Waals surface area contributed by atoms with Crippen LogP contribution in [-0.2, 0) is 0 Å². The van der Waals surface area contributed by atoms with Crippen molar-refractivity contribution in [2.75, 3.05) is 19.6 Å². The number of nitrogens with zero attached hydrogens (tertiary/aromatic N) is 3.